The van der Waals surface area contributed by atoms with E-state index in [4.69, 9.17) is 0 Å². The Morgan fingerprint density at radius 1 is 0.833 bits per heavy atom. The largest absolute Gasteiger partial charge is 0.0994 e. The van der Waals surface area contributed by atoms with E-state index in [1.165, 1.54) is 0 Å². The Balaban J connectivity index is 1.75. The monoisotopic (exact) mass is 214 g/mol. The van der Waals surface area contributed by atoms with Crippen LogP contribution < -0.4 is 0 Å². The number of rotatable bonds is 3. The lowest BCUT2D eigenvalue weighted by atomic mass is 10.6. The van der Waals surface area contributed by atoms with Gasteiger partial charge in [-0.3, -0.25) is 0 Å². The van der Waals surface area contributed by atoms with E-state index in [9.17, 15) is 0 Å². The minimum Gasteiger partial charge on any atom is -0.0967 e. The third kappa shape index (κ3) is 2.16. The molecule has 0 saturated carbocycles. The number of hydrogen-bond donors (Lipinski definition) is 0. The lowest BCUT2D eigenvalue weighted by molar-refractivity contribution is 2.09. The molecule has 54 valence electrons. The molecule has 2 heterocycles. The van der Waals surface area contributed by atoms with Gasteiger partial charge in [-0.2, -0.15) is 0 Å². The van der Waals surface area contributed by atoms with Crippen molar-refractivity contribution in [1.82, 2.24) is 0 Å². The second kappa shape index (κ2) is 4.17. The van der Waals surface area contributed by atoms with Crippen molar-refractivity contribution in [1.29, 1.82) is 0 Å². The molecule has 0 N–H and O–H groups in total. The molecule has 2 aliphatic heterocycles. The Labute approximate surface area is 82.6 Å². The third-order valence-electron chi connectivity index (χ3n) is 1.53. The van der Waals surface area contributed by atoms with E-state index in [1.54, 1.807) is 9.64 Å². The molecule has 2 aliphatic rings. The Bertz CT molecular complexity index is 255. The van der Waals surface area contributed by atoms with Crippen LogP contribution in [-0.4, -0.2) is 37.1 Å². The average Bonchev–Trinajstić information content (AvgIpc) is 2.74. The molecule has 4 heteroatoms. The summed E-state index contributed by atoms with van der Waals surface area (Å²) in [7, 11) is 4.07. The highest BCUT2D eigenvalue weighted by Gasteiger charge is 2.06. The smallest absolute Gasteiger partial charge is 0.0967 e. The minimum absolute atomic E-state index is 0.978. The van der Waals surface area contributed by atoms with E-state index in [1.807, 2.05) is 0 Å². The van der Waals surface area contributed by atoms with Crippen LogP contribution in [0.15, 0.2) is 45.3 Å². The Morgan fingerprint density at radius 3 is 1.67 bits per heavy atom. The molecule has 0 aromatic heterocycles. The third-order valence-corrected chi connectivity index (χ3v) is 9.31. The molecule has 0 aromatic carbocycles. The molecule has 8 radical (unpaired) electrons. The first-order valence-electron chi connectivity index (χ1n) is 3.74. The first-order valence-corrected chi connectivity index (χ1v) is 8.89. The van der Waals surface area contributed by atoms with Crippen LogP contribution in [0.3, 0.4) is 0 Å². The van der Waals surface area contributed by atoms with Gasteiger partial charge < -0.3 is 0 Å². The van der Waals surface area contributed by atoms with E-state index < -0.39 is 0 Å². The van der Waals surface area contributed by atoms with Crippen molar-refractivity contribution >= 4 is 37.1 Å². The lowest BCUT2D eigenvalue weighted by Gasteiger charge is -1.98. The highest BCUT2D eigenvalue weighted by Crippen LogP contribution is 2.03. The maximum absolute atomic E-state index is 2.29. The fourth-order valence-corrected chi connectivity index (χ4v) is 7.52. The van der Waals surface area contributed by atoms with Crippen molar-refractivity contribution in [3.8, 4) is 0 Å². The summed E-state index contributed by atoms with van der Waals surface area (Å²) in [5.74, 6) is 0. The van der Waals surface area contributed by atoms with Crippen LogP contribution in [0.1, 0.15) is 0 Å². The zero-order valence-electron chi connectivity index (χ0n) is 6.46. The Morgan fingerprint density at radius 2 is 1.33 bits per heavy atom. The fourth-order valence-electron chi connectivity index (χ4n) is 0.951. The molecule has 0 atom stereocenters. The maximum atomic E-state index is 2.29. The van der Waals surface area contributed by atoms with Crippen molar-refractivity contribution in [2.24, 2.45) is 0 Å². The molecule has 0 amide bonds. The van der Waals surface area contributed by atoms with Gasteiger partial charge in [0.2, 0.25) is 0 Å². The summed E-state index contributed by atoms with van der Waals surface area (Å²) in [5, 5.41) is 0. The van der Waals surface area contributed by atoms with Crippen molar-refractivity contribution in [3.63, 3.8) is 0 Å². The molecule has 0 aromatic rings. The van der Waals surface area contributed by atoms with E-state index in [2.05, 4.69) is 35.7 Å². The van der Waals surface area contributed by atoms with Gasteiger partial charge in [-0.15, -0.1) is 0 Å². The summed E-state index contributed by atoms with van der Waals surface area (Å²) in [6.45, 7) is 0. The zero-order chi connectivity index (χ0) is 8.23. The summed E-state index contributed by atoms with van der Waals surface area (Å²) < 4.78 is 0. The van der Waals surface area contributed by atoms with E-state index in [0.717, 1.165) is 37.1 Å². The van der Waals surface area contributed by atoms with Crippen molar-refractivity contribution < 1.29 is 0 Å². The quantitative estimate of drug-likeness (QED) is 0.599. The van der Waals surface area contributed by atoms with Crippen LogP contribution in [0.2, 0.25) is 0 Å². The Hall–Kier alpha value is -0.172. The summed E-state index contributed by atoms with van der Waals surface area (Å²) in [5.41, 5.74) is 4.55. The van der Waals surface area contributed by atoms with Gasteiger partial charge in [0.05, 0.1) is 37.1 Å². The normalized spacial score (nSPS) is 20.0. The number of hydrogen-bond acceptors (Lipinski definition) is 0. The Kier molecular flexibility index (Phi) is 2.93. The standard InChI is InChI=1S/C8H6Si4/c1-3-7(9-5-1)11-12-8-4-2-6-10-8/h1-6H. The van der Waals surface area contributed by atoms with Crippen molar-refractivity contribution in [2.45, 2.75) is 0 Å². The second-order valence-corrected chi connectivity index (χ2v) is 8.82. The SMILES string of the molecule is C1=C[Si]C([Si][Si]C2=CC=C[Si]2)=C1. The summed E-state index contributed by atoms with van der Waals surface area (Å²) in [6.07, 6.45) is 8.95. The van der Waals surface area contributed by atoms with Crippen molar-refractivity contribution in [3.05, 3.63) is 45.3 Å². The molecule has 0 nitrogen and oxygen atoms in total. The van der Waals surface area contributed by atoms with Gasteiger partial charge in [0.1, 0.15) is 0 Å². The first-order chi connectivity index (χ1) is 5.95. The molecular formula is C8H6Si4. The molecule has 12 heavy (non-hydrogen) atoms. The lowest BCUT2D eigenvalue weighted by Crippen LogP contribution is -2.14. The molecule has 0 spiro atoms. The van der Waals surface area contributed by atoms with Gasteiger partial charge in [-0.1, -0.05) is 45.3 Å². The predicted molar refractivity (Wildman–Crippen MR) is 57.5 cm³/mol. The molecule has 0 saturated heterocycles. The van der Waals surface area contributed by atoms with Crippen LogP contribution in [0.25, 0.3) is 0 Å². The van der Waals surface area contributed by atoms with Crippen LogP contribution in [0, 0.1) is 0 Å². The summed E-state index contributed by atoms with van der Waals surface area (Å²) >= 11 is 0. The topological polar surface area (TPSA) is 0 Å². The molecule has 0 aliphatic carbocycles. The molecule has 2 rings (SSSR count). The highest BCUT2D eigenvalue weighted by molar-refractivity contribution is 7.15. The van der Waals surface area contributed by atoms with Gasteiger partial charge in [0.25, 0.3) is 0 Å². The maximum Gasteiger partial charge on any atom is 0.0994 e. The second-order valence-electron chi connectivity index (χ2n) is 2.42. The molecule has 0 bridgehead atoms. The fraction of sp³-hybridized carbons (Fsp3) is 0. The highest BCUT2D eigenvalue weighted by atomic mass is 29.1. The van der Waals surface area contributed by atoms with Gasteiger partial charge in [0.15, 0.2) is 0 Å². The van der Waals surface area contributed by atoms with E-state index in [-0.39, 0.29) is 0 Å². The van der Waals surface area contributed by atoms with Crippen molar-refractivity contribution in [2.75, 3.05) is 0 Å². The van der Waals surface area contributed by atoms with Crippen LogP contribution in [0.5, 0.6) is 0 Å². The van der Waals surface area contributed by atoms with Gasteiger partial charge in [0, 0.05) is 0 Å². The summed E-state index contributed by atoms with van der Waals surface area (Å²) in [6, 6.07) is 0. The molecular weight excluding hydrogens is 208 g/mol. The van der Waals surface area contributed by atoms with Gasteiger partial charge >= 0.3 is 0 Å². The van der Waals surface area contributed by atoms with Gasteiger partial charge in [-0.25, -0.2) is 0 Å². The predicted octanol–water partition coefficient (Wildman–Crippen LogP) is 0.456. The van der Waals surface area contributed by atoms with Gasteiger partial charge in [-0.05, 0) is 0 Å². The zero-order valence-corrected chi connectivity index (χ0v) is 10.5. The first kappa shape index (κ1) is 8.43. The minimum atomic E-state index is 0.978. The summed E-state index contributed by atoms with van der Waals surface area (Å²) in [4.78, 5) is 3.32. The molecule has 0 unspecified atom stereocenters. The van der Waals surface area contributed by atoms with Crippen LogP contribution in [0.4, 0.5) is 0 Å². The van der Waals surface area contributed by atoms with Crippen LogP contribution >= 0.6 is 0 Å². The van der Waals surface area contributed by atoms with E-state index >= 15 is 0 Å². The van der Waals surface area contributed by atoms with E-state index in [0.29, 0.717) is 0 Å². The average molecular weight is 214 g/mol. The number of allylic oxidation sites excluding steroid dienone is 4. The molecule has 0 fully saturated rings. The van der Waals surface area contributed by atoms with Crippen LogP contribution in [-0.2, 0) is 0 Å².